The summed E-state index contributed by atoms with van der Waals surface area (Å²) in [5.74, 6) is 9.35. The predicted molar refractivity (Wildman–Crippen MR) is 109 cm³/mol. The van der Waals surface area contributed by atoms with E-state index in [2.05, 4.69) is 23.7 Å². The Morgan fingerprint density at radius 1 is 1.39 bits per heavy atom. The lowest BCUT2D eigenvalue weighted by Crippen LogP contribution is -2.56. The zero-order chi connectivity index (χ0) is 23.0. The standard InChI is InChI=1S/C20H23FN4O5S/c1-19(17(26)22-28,31(3,29)30)8-9-24-12-16-10-15(11-25(16)18(24)27)6-4-5-7-20(21)13-23(2)14-20/h10-11,28H,8-9,12-14H2,1-3H3,(H,22,26). The van der Waals surface area contributed by atoms with E-state index in [0.29, 0.717) is 11.3 Å². The van der Waals surface area contributed by atoms with Crippen LogP contribution < -0.4 is 5.48 Å². The highest BCUT2D eigenvalue weighted by atomic mass is 32.2. The fraction of sp³-hybridized carbons (Fsp3) is 0.500. The number of rotatable bonds is 5. The number of aromatic nitrogens is 1. The first-order chi connectivity index (χ1) is 14.4. The molecule has 1 unspecified atom stereocenters. The van der Waals surface area contributed by atoms with E-state index in [4.69, 9.17) is 5.21 Å². The van der Waals surface area contributed by atoms with Gasteiger partial charge in [-0.25, -0.2) is 23.1 Å². The smallest absolute Gasteiger partial charge is 0.318 e. The molecule has 0 spiro atoms. The van der Waals surface area contributed by atoms with Crippen LogP contribution in [0.1, 0.15) is 24.6 Å². The first-order valence-corrected chi connectivity index (χ1v) is 11.3. The minimum atomic E-state index is -3.85. The normalized spacial score (nSPS) is 19.3. The van der Waals surface area contributed by atoms with E-state index in [9.17, 15) is 22.4 Å². The Hall–Kier alpha value is -2.86. The summed E-state index contributed by atoms with van der Waals surface area (Å²) < 4.78 is 37.6. The quantitative estimate of drug-likeness (QED) is 0.371. The van der Waals surface area contributed by atoms with Gasteiger partial charge in [-0.2, -0.15) is 0 Å². The largest absolute Gasteiger partial charge is 0.328 e. The summed E-state index contributed by atoms with van der Waals surface area (Å²) in [5.41, 5.74) is 1.07. The number of halogens is 1. The summed E-state index contributed by atoms with van der Waals surface area (Å²) in [6, 6.07) is 1.32. The molecule has 0 aromatic carbocycles. The van der Waals surface area contributed by atoms with Crippen LogP contribution in [-0.4, -0.2) is 83.3 Å². The Balaban J connectivity index is 1.65. The number of alkyl halides is 1. The lowest BCUT2D eigenvalue weighted by Gasteiger charge is -2.38. The molecule has 0 radical (unpaired) electrons. The zero-order valence-corrected chi connectivity index (χ0v) is 18.2. The second-order valence-electron chi connectivity index (χ2n) is 8.13. The topological polar surface area (TPSA) is 112 Å². The molecule has 1 aromatic rings. The first-order valence-electron chi connectivity index (χ1n) is 9.44. The van der Waals surface area contributed by atoms with Gasteiger partial charge >= 0.3 is 6.03 Å². The number of hydroxylamine groups is 1. The molecule has 9 nitrogen and oxygen atoms in total. The molecule has 166 valence electrons. The summed E-state index contributed by atoms with van der Waals surface area (Å²) in [7, 11) is -2.04. The highest BCUT2D eigenvalue weighted by molar-refractivity contribution is 7.92. The molecule has 0 aliphatic carbocycles. The summed E-state index contributed by atoms with van der Waals surface area (Å²) in [6.45, 7) is 1.92. The molecule has 2 N–H and O–H groups in total. The highest BCUT2D eigenvalue weighted by Crippen LogP contribution is 2.25. The second-order valence-corrected chi connectivity index (χ2v) is 10.6. The molecule has 1 saturated heterocycles. The maximum atomic E-state index is 14.0. The molecule has 0 saturated carbocycles. The van der Waals surface area contributed by atoms with Gasteiger partial charge in [-0.15, -0.1) is 0 Å². The van der Waals surface area contributed by atoms with E-state index in [0.717, 1.165) is 6.26 Å². The van der Waals surface area contributed by atoms with E-state index in [1.165, 1.54) is 28.1 Å². The van der Waals surface area contributed by atoms with Gasteiger partial charge in [0.25, 0.3) is 5.91 Å². The van der Waals surface area contributed by atoms with Crippen LogP contribution in [0.3, 0.4) is 0 Å². The summed E-state index contributed by atoms with van der Waals surface area (Å²) in [6.07, 6.45) is 2.25. The molecule has 3 heterocycles. The van der Waals surface area contributed by atoms with Gasteiger partial charge < -0.3 is 4.90 Å². The summed E-state index contributed by atoms with van der Waals surface area (Å²) >= 11 is 0. The van der Waals surface area contributed by atoms with Crippen molar-refractivity contribution in [3.05, 3.63) is 23.5 Å². The number of hydrogen-bond acceptors (Lipinski definition) is 6. The van der Waals surface area contributed by atoms with Gasteiger partial charge in [-0.05, 0) is 44.2 Å². The van der Waals surface area contributed by atoms with E-state index in [1.807, 2.05) is 4.90 Å². The molecule has 3 rings (SSSR count). The van der Waals surface area contributed by atoms with Crippen molar-refractivity contribution in [2.75, 3.05) is 32.9 Å². The Bertz CT molecular complexity index is 1150. The number of sulfone groups is 1. The van der Waals surface area contributed by atoms with Crippen molar-refractivity contribution < 1.29 is 27.6 Å². The Kier molecular flexibility index (Phi) is 5.89. The molecular weight excluding hydrogens is 427 g/mol. The molecule has 11 heteroatoms. The van der Waals surface area contributed by atoms with Gasteiger partial charge in [0.1, 0.15) is 0 Å². The lowest BCUT2D eigenvalue weighted by molar-refractivity contribution is -0.131. The number of carbonyl (C=O) groups is 2. The van der Waals surface area contributed by atoms with Crippen LogP contribution in [0.25, 0.3) is 0 Å². The maximum absolute atomic E-state index is 14.0. The molecule has 1 fully saturated rings. The third kappa shape index (κ3) is 4.44. The van der Waals surface area contributed by atoms with E-state index >= 15 is 0 Å². The number of hydrogen-bond donors (Lipinski definition) is 2. The first kappa shape index (κ1) is 22.8. The predicted octanol–water partition coefficient (Wildman–Crippen LogP) is -0.0208. The van der Waals surface area contributed by atoms with Crippen LogP contribution in [0.15, 0.2) is 12.3 Å². The van der Waals surface area contributed by atoms with Crippen LogP contribution >= 0.6 is 0 Å². The van der Waals surface area contributed by atoms with E-state index < -0.39 is 26.2 Å². The average Bonchev–Trinajstić information content (AvgIpc) is 3.19. The third-order valence-corrected chi connectivity index (χ3v) is 7.61. The number of nitrogens with one attached hydrogen (secondary N) is 1. The van der Waals surface area contributed by atoms with Gasteiger partial charge in [0.05, 0.1) is 6.54 Å². The van der Waals surface area contributed by atoms with Gasteiger partial charge in [0, 0.05) is 43.3 Å². The Labute approximate surface area is 180 Å². The van der Waals surface area contributed by atoms with Crippen molar-refractivity contribution in [2.24, 2.45) is 0 Å². The van der Waals surface area contributed by atoms with Crippen molar-refractivity contribution in [1.82, 2.24) is 19.8 Å². The summed E-state index contributed by atoms with van der Waals surface area (Å²) in [4.78, 5) is 27.7. The molecule has 1 atom stereocenters. The maximum Gasteiger partial charge on any atom is 0.328 e. The van der Waals surface area contributed by atoms with E-state index in [-0.39, 0.29) is 38.6 Å². The molecule has 2 aliphatic heterocycles. The zero-order valence-electron chi connectivity index (χ0n) is 17.4. The molecule has 1 aromatic heterocycles. The molecule has 2 amide bonds. The highest BCUT2D eigenvalue weighted by Gasteiger charge is 2.44. The van der Waals surface area contributed by atoms with Crippen molar-refractivity contribution >= 4 is 21.8 Å². The minimum absolute atomic E-state index is 0.00296. The molecule has 31 heavy (non-hydrogen) atoms. The second kappa shape index (κ2) is 8.00. The number of likely N-dealkylation sites (tertiary alicyclic amines) is 1. The minimum Gasteiger partial charge on any atom is -0.318 e. The van der Waals surface area contributed by atoms with Gasteiger partial charge in [0.15, 0.2) is 20.3 Å². The number of carbonyl (C=O) groups excluding carboxylic acids is 2. The summed E-state index contributed by atoms with van der Waals surface area (Å²) in [5, 5.41) is 8.89. The molecular formula is C20H23FN4O5S. The van der Waals surface area contributed by atoms with Crippen LogP contribution in [0.4, 0.5) is 9.18 Å². The number of nitrogens with zero attached hydrogens (tertiary/aromatic N) is 3. The van der Waals surface area contributed by atoms with Gasteiger partial charge in [-0.3, -0.25) is 19.5 Å². The van der Waals surface area contributed by atoms with E-state index in [1.54, 1.807) is 13.1 Å². The Morgan fingerprint density at radius 3 is 2.61 bits per heavy atom. The van der Waals surface area contributed by atoms with Crippen molar-refractivity contribution in [1.29, 1.82) is 0 Å². The average molecular weight is 450 g/mol. The van der Waals surface area contributed by atoms with Crippen molar-refractivity contribution in [3.63, 3.8) is 0 Å². The molecule has 0 bridgehead atoms. The fourth-order valence-electron chi connectivity index (χ4n) is 3.54. The monoisotopic (exact) mass is 450 g/mol. The number of amides is 2. The molecule has 2 aliphatic rings. The lowest BCUT2D eigenvalue weighted by atomic mass is 9.98. The third-order valence-electron chi connectivity index (χ3n) is 5.59. The van der Waals surface area contributed by atoms with Crippen LogP contribution in [0.2, 0.25) is 0 Å². The SMILES string of the molecule is CN1CC(F)(C#CC#Cc2cc3n(c2)C(=O)N(CCC(C)(C(=O)NO)S(C)(=O)=O)C3)C1. The van der Waals surface area contributed by atoms with Gasteiger partial charge in [0.2, 0.25) is 0 Å². The van der Waals surface area contributed by atoms with Crippen LogP contribution in [0, 0.1) is 23.7 Å². The van der Waals surface area contributed by atoms with Crippen LogP contribution in [0.5, 0.6) is 0 Å². The van der Waals surface area contributed by atoms with Gasteiger partial charge in [-0.1, -0.05) is 5.92 Å². The van der Waals surface area contributed by atoms with Crippen molar-refractivity contribution in [2.45, 2.75) is 30.3 Å². The van der Waals surface area contributed by atoms with Crippen molar-refractivity contribution in [3.8, 4) is 23.7 Å². The Morgan fingerprint density at radius 2 is 2.06 bits per heavy atom. The van der Waals surface area contributed by atoms with Crippen LogP contribution in [-0.2, 0) is 21.2 Å². The number of fused-ring (bicyclic) bond motifs is 1. The fourth-order valence-corrected chi connectivity index (χ4v) is 4.38.